The molecule has 4 heteroatoms. The summed E-state index contributed by atoms with van der Waals surface area (Å²) in [6.45, 7) is 2.37. The Labute approximate surface area is 190 Å². The number of carbonyl (C=O) groups excluding carboxylic acids is 1. The maximum atomic E-state index is 12.1. The molecule has 2 N–H and O–H groups in total. The van der Waals surface area contributed by atoms with Crippen LogP contribution in [0.25, 0.3) is 0 Å². The van der Waals surface area contributed by atoms with E-state index in [0.29, 0.717) is 18.1 Å². The monoisotopic (exact) mass is 441 g/mol. The molecule has 3 fully saturated rings. The summed E-state index contributed by atoms with van der Waals surface area (Å²) in [7, 11) is 0. The van der Waals surface area contributed by atoms with Gasteiger partial charge in [0.1, 0.15) is 5.75 Å². The summed E-state index contributed by atoms with van der Waals surface area (Å²) in [6, 6.07) is 7.73. The summed E-state index contributed by atoms with van der Waals surface area (Å²) in [5.41, 5.74) is 5.19. The number of allylic oxidation sites excluding steroid dienone is 4. The Morgan fingerprint density at radius 3 is 2.40 bits per heavy atom. The van der Waals surface area contributed by atoms with Crippen LogP contribution in [0.2, 0.25) is 0 Å². The van der Waals surface area contributed by atoms with Crippen LogP contribution in [0.15, 0.2) is 47.1 Å². The molecule has 0 spiro atoms. The number of phenolic OH excluding ortho intramolecular Hbond substituents is 1. The van der Waals surface area contributed by atoms with E-state index in [4.69, 9.17) is 0 Å². The molecule has 0 amide bonds. The molecule has 5 aliphatic carbocycles. The molecule has 157 valence electrons. The predicted octanol–water partition coefficient (Wildman–Crippen LogP) is 5.18. The minimum Gasteiger partial charge on any atom is -0.508 e. The number of ketones is 1. The van der Waals surface area contributed by atoms with Crippen LogP contribution < -0.4 is 0 Å². The summed E-state index contributed by atoms with van der Waals surface area (Å²) in [5.74, 6) is 1.36. The summed E-state index contributed by atoms with van der Waals surface area (Å²) < 4.78 is 0. The van der Waals surface area contributed by atoms with Gasteiger partial charge < -0.3 is 10.2 Å². The third-order valence-electron chi connectivity index (χ3n) is 9.82. The van der Waals surface area contributed by atoms with Gasteiger partial charge in [-0.3, -0.25) is 4.79 Å². The van der Waals surface area contributed by atoms with Crippen LogP contribution in [-0.4, -0.2) is 21.6 Å². The zero-order valence-electron chi connectivity index (χ0n) is 17.7. The summed E-state index contributed by atoms with van der Waals surface area (Å²) >= 11 is 0. The fourth-order valence-electron chi connectivity index (χ4n) is 8.33. The van der Waals surface area contributed by atoms with E-state index in [1.54, 1.807) is 17.7 Å². The molecule has 1 aromatic rings. The smallest absolute Gasteiger partial charge is 0.156 e. The average Bonchev–Trinajstić information content (AvgIpc) is 3.08. The molecule has 2 bridgehead atoms. The van der Waals surface area contributed by atoms with Crippen molar-refractivity contribution in [1.82, 2.24) is 0 Å². The molecule has 5 aliphatic rings. The quantitative estimate of drug-likeness (QED) is 0.631. The van der Waals surface area contributed by atoms with Crippen molar-refractivity contribution in [2.75, 3.05) is 0 Å². The topological polar surface area (TPSA) is 57.5 Å². The molecule has 0 saturated heterocycles. The van der Waals surface area contributed by atoms with E-state index >= 15 is 0 Å². The number of phenols is 1. The van der Waals surface area contributed by atoms with E-state index in [2.05, 4.69) is 19.1 Å². The Balaban J connectivity index is 0.00000193. The second kappa shape index (κ2) is 6.61. The third kappa shape index (κ3) is 2.40. The van der Waals surface area contributed by atoms with E-state index in [1.165, 1.54) is 16.7 Å². The van der Waals surface area contributed by atoms with Gasteiger partial charge in [-0.1, -0.05) is 24.6 Å². The molecular weight excluding hydrogens is 411 g/mol. The van der Waals surface area contributed by atoms with E-state index in [-0.39, 0.29) is 41.1 Å². The first-order valence-electron chi connectivity index (χ1n) is 11.3. The largest absolute Gasteiger partial charge is 0.508 e. The number of aromatic hydroxyl groups is 1. The molecule has 0 aromatic heterocycles. The first-order chi connectivity index (χ1) is 13.9. The molecule has 1 radical (unpaired) electrons. The Kier molecular flexibility index (Phi) is 4.54. The van der Waals surface area contributed by atoms with Gasteiger partial charge in [0.15, 0.2) is 5.78 Å². The Morgan fingerprint density at radius 1 is 1.00 bits per heavy atom. The van der Waals surface area contributed by atoms with E-state index in [1.807, 2.05) is 6.08 Å². The number of fused-ring (bicyclic) bond motifs is 2. The number of hydrogen-bond acceptors (Lipinski definition) is 3. The zero-order valence-corrected chi connectivity index (χ0v) is 19.1. The van der Waals surface area contributed by atoms with Crippen molar-refractivity contribution in [3.05, 3.63) is 52.6 Å². The molecule has 3 nitrogen and oxygen atoms in total. The number of carbonyl (C=O) groups is 1. The van der Waals surface area contributed by atoms with Crippen molar-refractivity contribution in [2.45, 2.75) is 76.2 Å². The van der Waals surface area contributed by atoms with Gasteiger partial charge in [0.05, 0.1) is 5.60 Å². The fraction of sp³-hybridized carbons (Fsp3) is 0.577. The van der Waals surface area contributed by atoms with E-state index in [9.17, 15) is 15.0 Å². The molecule has 3 saturated carbocycles. The number of aliphatic hydroxyl groups is 1. The SMILES string of the molecule is C[C@]12C[C@H](c3ccc(O)cc3)C3=C4CCC(=O)C=C4CCC3C13CCC2(O)CC3.[V]. The van der Waals surface area contributed by atoms with Gasteiger partial charge in [0.25, 0.3) is 0 Å². The van der Waals surface area contributed by atoms with E-state index < -0.39 is 5.60 Å². The Bertz CT molecular complexity index is 964. The maximum Gasteiger partial charge on any atom is 0.156 e. The first kappa shape index (κ1) is 20.6. The normalized spacial score (nSPS) is 41.5. The van der Waals surface area contributed by atoms with Crippen molar-refractivity contribution in [2.24, 2.45) is 16.7 Å². The second-order valence-electron chi connectivity index (χ2n) is 10.5. The molecule has 30 heavy (non-hydrogen) atoms. The van der Waals surface area contributed by atoms with Crippen LogP contribution in [0, 0.1) is 16.7 Å². The molecular formula is C26H30O3V. The molecule has 0 aliphatic heterocycles. The third-order valence-corrected chi connectivity index (χ3v) is 9.82. The Hall–Kier alpha value is -1.29. The zero-order chi connectivity index (χ0) is 20.0. The second-order valence-corrected chi connectivity index (χ2v) is 10.5. The molecule has 1 unspecified atom stereocenters. The summed E-state index contributed by atoms with van der Waals surface area (Å²) in [5, 5.41) is 21.5. The van der Waals surface area contributed by atoms with Crippen molar-refractivity contribution < 1.29 is 33.6 Å². The molecule has 6 rings (SSSR count). The number of benzene rings is 1. The van der Waals surface area contributed by atoms with Crippen LogP contribution in [-0.2, 0) is 23.4 Å². The minimum absolute atomic E-state index is 0. The van der Waals surface area contributed by atoms with Gasteiger partial charge in [0.2, 0.25) is 0 Å². The van der Waals surface area contributed by atoms with Crippen LogP contribution >= 0.6 is 0 Å². The Morgan fingerprint density at radius 2 is 1.70 bits per heavy atom. The van der Waals surface area contributed by atoms with Gasteiger partial charge in [-0.25, -0.2) is 0 Å². The van der Waals surface area contributed by atoms with Gasteiger partial charge in [-0.15, -0.1) is 0 Å². The predicted molar refractivity (Wildman–Crippen MR) is 111 cm³/mol. The van der Waals surface area contributed by atoms with E-state index in [0.717, 1.165) is 51.4 Å². The number of rotatable bonds is 1. The summed E-state index contributed by atoms with van der Waals surface area (Å²) in [6.07, 6.45) is 10.7. The van der Waals surface area contributed by atoms with Gasteiger partial charge in [-0.05, 0) is 97.6 Å². The number of hydrogen-bond donors (Lipinski definition) is 2. The molecule has 1 aromatic carbocycles. The minimum atomic E-state index is -0.531. The standard InChI is InChI=1S/C26H30O3.V/c1-24-15-21(16-2-5-18(27)6-3-16)23-20-8-7-19(28)14-17(20)4-9-22(23)25(24)10-12-26(24,29)13-11-25;/h2-3,5-6,14,21-22,27,29H,4,7-13,15H2,1H3;/t21-,22?,24+,25?,26?;/m1./s1. The average molecular weight is 441 g/mol. The van der Waals surface area contributed by atoms with Crippen LogP contribution in [0.5, 0.6) is 5.75 Å². The van der Waals surface area contributed by atoms with Gasteiger partial charge in [0, 0.05) is 36.3 Å². The van der Waals surface area contributed by atoms with Crippen LogP contribution in [0.4, 0.5) is 0 Å². The van der Waals surface area contributed by atoms with Crippen molar-refractivity contribution >= 4 is 5.78 Å². The molecule has 3 atom stereocenters. The first-order valence-corrected chi connectivity index (χ1v) is 11.3. The van der Waals surface area contributed by atoms with Crippen molar-refractivity contribution in [3.8, 4) is 5.75 Å². The van der Waals surface area contributed by atoms with Gasteiger partial charge >= 0.3 is 0 Å². The fourth-order valence-corrected chi connectivity index (χ4v) is 8.33. The van der Waals surface area contributed by atoms with Gasteiger partial charge in [-0.2, -0.15) is 0 Å². The summed E-state index contributed by atoms with van der Waals surface area (Å²) in [4.78, 5) is 12.1. The van der Waals surface area contributed by atoms with Crippen LogP contribution in [0.1, 0.15) is 76.2 Å². The maximum absolute atomic E-state index is 12.1. The molecule has 0 heterocycles. The van der Waals surface area contributed by atoms with Crippen LogP contribution in [0.3, 0.4) is 0 Å². The van der Waals surface area contributed by atoms with Crippen molar-refractivity contribution in [1.29, 1.82) is 0 Å². The van der Waals surface area contributed by atoms with Crippen molar-refractivity contribution in [3.63, 3.8) is 0 Å².